The van der Waals surface area contributed by atoms with Crippen molar-refractivity contribution >= 4 is 17.4 Å². The molecule has 0 saturated heterocycles. The molecule has 0 radical (unpaired) electrons. The molecule has 5 heteroatoms. The van der Waals surface area contributed by atoms with Crippen molar-refractivity contribution in [3.05, 3.63) is 57.3 Å². The number of carbonyl (C=O) groups is 1. The van der Waals surface area contributed by atoms with E-state index in [4.69, 9.17) is 4.74 Å². The lowest BCUT2D eigenvalue weighted by molar-refractivity contribution is 0.185. The quantitative estimate of drug-likeness (QED) is 0.941. The van der Waals surface area contributed by atoms with Gasteiger partial charge in [0.2, 0.25) is 0 Å². The van der Waals surface area contributed by atoms with E-state index in [0.29, 0.717) is 19.7 Å². The third-order valence-corrected chi connectivity index (χ3v) is 4.86. The molecule has 0 fully saturated rings. The summed E-state index contributed by atoms with van der Waals surface area (Å²) in [6.45, 7) is 2.65. The second-order valence-electron chi connectivity index (χ2n) is 5.45. The Kier molecular flexibility index (Phi) is 4.75. The molecule has 22 heavy (non-hydrogen) atoms. The summed E-state index contributed by atoms with van der Waals surface area (Å²) < 4.78 is 5.13. The summed E-state index contributed by atoms with van der Waals surface area (Å²) >= 11 is 1.79. The number of ether oxygens (including phenoxy) is 1. The molecule has 2 aromatic rings. The van der Waals surface area contributed by atoms with Crippen LogP contribution in [-0.4, -0.2) is 24.6 Å². The van der Waals surface area contributed by atoms with E-state index in [1.165, 1.54) is 10.4 Å². The molecule has 1 N–H and O–H groups in total. The van der Waals surface area contributed by atoms with Crippen LogP contribution in [0, 0.1) is 0 Å². The van der Waals surface area contributed by atoms with Gasteiger partial charge in [0.25, 0.3) is 0 Å². The van der Waals surface area contributed by atoms with E-state index in [1.807, 2.05) is 23.1 Å². The van der Waals surface area contributed by atoms with Crippen LogP contribution in [0.1, 0.15) is 21.6 Å². The summed E-state index contributed by atoms with van der Waals surface area (Å²) in [4.78, 5) is 15.6. The zero-order valence-electron chi connectivity index (χ0n) is 12.7. The van der Waals surface area contributed by atoms with E-state index in [-0.39, 0.29) is 6.03 Å². The number of urea groups is 1. The molecule has 0 aliphatic carbocycles. The van der Waals surface area contributed by atoms with Gasteiger partial charge in [-0.3, -0.25) is 0 Å². The molecule has 1 aromatic heterocycles. The van der Waals surface area contributed by atoms with Crippen LogP contribution in [0.3, 0.4) is 0 Å². The summed E-state index contributed by atoms with van der Waals surface area (Å²) in [5, 5.41) is 5.12. The van der Waals surface area contributed by atoms with Crippen LogP contribution >= 0.6 is 11.3 Å². The normalized spacial score (nSPS) is 13.8. The van der Waals surface area contributed by atoms with E-state index in [2.05, 4.69) is 22.8 Å². The molecule has 2 amide bonds. The molecule has 1 aliphatic rings. The van der Waals surface area contributed by atoms with E-state index in [1.54, 1.807) is 18.4 Å². The minimum absolute atomic E-state index is 0.00833. The van der Waals surface area contributed by atoms with Gasteiger partial charge in [-0.25, -0.2) is 4.79 Å². The molecule has 1 aromatic carbocycles. The second kappa shape index (κ2) is 6.94. The van der Waals surface area contributed by atoms with Crippen LogP contribution in [0.4, 0.5) is 4.79 Å². The number of fused-ring (bicyclic) bond motifs is 1. The van der Waals surface area contributed by atoms with Crippen molar-refractivity contribution in [1.29, 1.82) is 0 Å². The lowest BCUT2D eigenvalue weighted by atomic mass is 10.1. The van der Waals surface area contributed by atoms with Crippen molar-refractivity contribution in [2.24, 2.45) is 0 Å². The number of carbonyl (C=O) groups excluding carboxylic acids is 1. The number of rotatable bonds is 4. The molecule has 0 unspecified atom stereocenters. The predicted octanol–water partition coefficient (Wildman–Crippen LogP) is 3.16. The molecular weight excluding hydrogens is 296 g/mol. The highest BCUT2D eigenvalue weighted by atomic mass is 32.1. The fourth-order valence-electron chi connectivity index (χ4n) is 2.71. The van der Waals surface area contributed by atoms with Gasteiger partial charge in [0.1, 0.15) is 0 Å². The lowest BCUT2D eigenvalue weighted by Gasteiger charge is -2.27. The Labute approximate surface area is 134 Å². The predicted molar refractivity (Wildman–Crippen MR) is 87.8 cm³/mol. The van der Waals surface area contributed by atoms with Gasteiger partial charge >= 0.3 is 6.03 Å². The van der Waals surface area contributed by atoms with Gasteiger partial charge in [-0.2, -0.15) is 0 Å². The average Bonchev–Trinajstić information content (AvgIpc) is 3.01. The molecule has 0 spiro atoms. The fraction of sp³-hybridized carbons (Fsp3) is 0.353. The SMILES string of the molecule is COCc1cccc(CNC(=O)N2CCc3sccc3C2)c1. The monoisotopic (exact) mass is 316 g/mol. The summed E-state index contributed by atoms with van der Waals surface area (Å²) in [5.41, 5.74) is 3.50. The van der Waals surface area contributed by atoms with Crippen molar-refractivity contribution < 1.29 is 9.53 Å². The summed E-state index contributed by atoms with van der Waals surface area (Å²) in [5.74, 6) is 0. The highest BCUT2D eigenvalue weighted by molar-refractivity contribution is 7.10. The largest absolute Gasteiger partial charge is 0.380 e. The van der Waals surface area contributed by atoms with Crippen LogP contribution in [0.2, 0.25) is 0 Å². The summed E-state index contributed by atoms with van der Waals surface area (Å²) in [6, 6.07) is 10.2. The van der Waals surface area contributed by atoms with Gasteiger partial charge < -0.3 is 15.0 Å². The molecule has 2 heterocycles. The number of amides is 2. The average molecular weight is 316 g/mol. The van der Waals surface area contributed by atoms with Crippen molar-refractivity contribution in [1.82, 2.24) is 10.2 Å². The summed E-state index contributed by atoms with van der Waals surface area (Å²) in [6.07, 6.45) is 0.962. The van der Waals surface area contributed by atoms with Crippen LogP contribution in [-0.2, 0) is 30.9 Å². The maximum atomic E-state index is 12.3. The first kappa shape index (κ1) is 15.1. The fourth-order valence-corrected chi connectivity index (χ4v) is 3.60. The van der Waals surface area contributed by atoms with Gasteiger partial charge in [0, 0.05) is 31.6 Å². The molecule has 3 rings (SSSR count). The highest BCUT2D eigenvalue weighted by Crippen LogP contribution is 2.23. The standard InChI is InChI=1S/C17H20N2O2S/c1-21-12-14-4-2-3-13(9-14)10-18-17(20)19-7-5-16-15(11-19)6-8-22-16/h2-4,6,8-9H,5,7,10-12H2,1H3,(H,18,20). The third-order valence-electron chi connectivity index (χ3n) is 3.84. The third kappa shape index (κ3) is 3.48. The Bertz CT molecular complexity index is 654. The Balaban J connectivity index is 1.55. The van der Waals surface area contributed by atoms with Gasteiger partial charge in [-0.15, -0.1) is 11.3 Å². The van der Waals surface area contributed by atoms with Crippen LogP contribution < -0.4 is 5.32 Å². The topological polar surface area (TPSA) is 41.6 Å². The zero-order chi connectivity index (χ0) is 15.4. The molecule has 4 nitrogen and oxygen atoms in total. The van der Waals surface area contributed by atoms with Crippen molar-refractivity contribution in [2.45, 2.75) is 26.1 Å². The number of hydrogen-bond donors (Lipinski definition) is 1. The van der Waals surface area contributed by atoms with Crippen LogP contribution in [0.25, 0.3) is 0 Å². The Morgan fingerprint density at radius 2 is 2.23 bits per heavy atom. The van der Waals surface area contributed by atoms with Gasteiger partial charge in [0.05, 0.1) is 6.61 Å². The highest BCUT2D eigenvalue weighted by Gasteiger charge is 2.20. The van der Waals surface area contributed by atoms with Crippen molar-refractivity contribution in [2.75, 3.05) is 13.7 Å². The first-order chi connectivity index (χ1) is 10.8. The minimum Gasteiger partial charge on any atom is -0.380 e. The number of thiophene rings is 1. The molecule has 0 bridgehead atoms. The van der Waals surface area contributed by atoms with Gasteiger partial charge in [-0.1, -0.05) is 24.3 Å². The van der Waals surface area contributed by atoms with Crippen molar-refractivity contribution in [3.8, 4) is 0 Å². The maximum absolute atomic E-state index is 12.3. The molecule has 0 atom stereocenters. The first-order valence-corrected chi connectivity index (χ1v) is 8.29. The minimum atomic E-state index is 0.00833. The number of methoxy groups -OCH3 is 1. The van der Waals surface area contributed by atoms with Gasteiger partial charge in [0.15, 0.2) is 0 Å². The van der Waals surface area contributed by atoms with E-state index < -0.39 is 0 Å². The smallest absolute Gasteiger partial charge is 0.317 e. The Morgan fingerprint density at radius 1 is 1.36 bits per heavy atom. The van der Waals surface area contributed by atoms with Gasteiger partial charge in [-0.05, 0) is 34.6 Å². The van der Waals surface area contributed by atoms with Crippen LogP contribution in [0.5, 0.6) is 0 Å². The van der Waals surface area contributed by atoms with E-state index >= 15 is 0 Å². The molecule has 116 valence electrons. The Hall–Kier alpha value is -1.85. The molecule has 1 aliphatic heterocycles. The lowest BCUT2D eigenvalue weighted by Crippen LogP contribution is -2.42. The van der Waals surface area contributed by atoms with Crippen LogP contribution in [0.15, 0.2) is 35.7 Å². The van der Waals surface area contributed by atoms with Crippen molar-refractivity contribution in [3.63, 3.8) is 0 Å². The molecular formula is C17H20N2O2S. The number of benzene rings is 1. The van der Waals surface area contributed by atoms with E-state index in [9.17, 15) is 4.79 Å². The number of nitrogens with zero attached hydrogens (tertiary/aromatic N) is 1. The van der Waals surface area contributed by atoms with E-state index in [0.717, 1.165) is 24.1 Å². The Morgan fingerprint density at radius 3 is 3.09 bits per heavy atom. The zero-order valence-corrected chi connectivity index (χ0v) is 13.5. The molecule has 0 saturated carbocycles. The number of hydrogen-bond acceptors (Lipinski definition) is 3. The number of nitrogens with one attached hydrogen (secondary N) is 1. The summed E-state index contributed by atoms with van der Waals surface area (Å²) in [7, 11) is 1.68. The second-order valence-corrected chi connectivity index (χ2v) is 6.45. The first-order valence-electron chi connectivity index (χ1n) is 7.41. The maximum Gasteiger partial charge on any atom is 0.317 e.